The molecule has 0 saturated heterocycles. The summed E-state index contributed by atoms with van der Waals surface area (Å²) in [5.41, 5.74) is 9.38. The zero-order valence-corrected chi connectivity index (χ0v) is 13.7. The molecule has 0 saturated carbocycles. The lowest BCUT2D eigenvalue weighted by molar-refractivity contribution is 0.975. The Balaban J connectivity index is 2.01. The minimum absolute atomic E-state index is 1.09. The number of aryl methyl sites for hydroxylation is 4. The van der Waals surface area contributed by atoms with Crippen LogP contribution in [0.25, 0.3) is 0 Å². The van der Waals surface area contributed by atoms with Crippen molar-refractivity contribution in [1.29, 1.82) is 0 Å². The first-order valence-corrected chi connectivity index (χ1v) is 8.27. The minimum Gasteiger partial charge on any atom is -0.310 e. The van der Waals surface area contributed by atoms with Crippen molar-refractivity contribution in [2.24, 2.45) is 0 Å². The SMILES string of the molecule is Cc1ccc2c(c1)CCc1ccccc1N2c1ccccc1C. The molecule has 3 aromatic rings. The van der Waals surface area contributed by atoms with Gasteiger partial charge in [-0.15, -0.1) is 0 Å². The Morgan fingerprint density at radius 1 is 0.652 bits per heavy atom. The van der Waals surface area contributed by atoms with Gasteiger partial charge in [-0.1, -0.05) is 54.1 Å². The minimum atomic E-state index is 1.09. The van der Waals surface area contributed by atoms with E-state index in [1.807, 2.05) is 0 Å². The Morgan fingerprint density at radius 3 is 2.13 bits per heavy atom. The molecule has 0 N–H and O–H groups in total. The van der Waals surface area contributed by atoms with E-state index in [9.17, 15) is 0 Å². The molecule has 1 heteroatoms. The van der Waals surface area contributed by atoms with E-state index >= 15 is 0 Å². The highest BCUT2D eigenvalue weighted by atomic mass is 15.2. The van der Waals surface area contributed by atoms with Crippen LogP contribution in [0, 0.1) is 13.8 Å². The lowest BCUT2D eigenvalue weighted by Crippen LogP contribution is -2.12. The van der Waals surface area contributed by atoms with Crippen LogP contribution in [0.5, 0.6) is 0 Å². The van der Waals surface area contributed by atoms with Crippen LogP contribution in [0.2, 0.25) is 0 Å². The van der Waals surface area contributed by atoms with Gasteiger partial charge in [0.25, 0.3) is 0 Å². The van der Waals surface area contributed by atoms with Gasteiger partial charge in [0, 0.05) is 17.1 Å². The molecule has 1 aliphatic heterocycles. The molecule has 0 fully saturated rings. The van der Waals surface area contributed by atoms with Crippen molar-refractivity contribution in [3.8, 4) is 0 Å². The average Bonchev–Trinajstić information content (AvgIpc) is 2.72. The van der Waals surface area contributed by atoms with Gasteiger partial charge in [-0.05, 0) is 61.6 Å². The van der Waals surface area contributed by atoms with Gasteiger partial charge in [-0.2, -0.15) is 0 Å². The maximum Gasteiger partial charge on any atom is 0.0494 e. The van der Waals surface area contributed by atoms with Crippen LogP contribution in [0.1, 0.15) is 22.3 Å². The fourth-order valence-corrected chi connectivity index (χ4v) is 3.55. The largest absolute Gasteiger partial charge is 0.310 e. The van der Waals surface area contributed by atoms with E-state index < -0.39 is 0 Å². The number of rotatable bonds is 1. The summed E-state index contributed by atoms with van der Waals surface area (Å²) in [4.78, 5) is 2.44. The fraction of sp³-hybridized carbons (Fsp3) is 0.182. The molecular weight excluding hydrogens is 278 g/mol. The van der Waals surface area contributed by atoms with Gasteiger partial charge >= 0.3 is 0 Å². The van der Waals surface area contributed by atoms with Crippen LogP contribution >= 0.6 is 0 Å². The molecule has 0 unspecified atom stereocenters. The molecule has 0 atom stereocenters. The smallest absolute Gasteiger partial charge is 0.0494 e. The van der Waals surface area contributed by atoms with E-state index in [1.165, 1.54) is 39.3 Å². The summed E-state index contributed by atoms with van der Waals surface area (Å²) in [7, 11) is 0. The topological polar surface area (TPSA) is 3.24 Å². The third-order valence-electron chi connectivity index (χ3n) is 4.73. The number of hydrogen-bond acceptors (Lipinski definition) is 1. The third-order valence-corrected chi connectivity index (χ3v) is 4.73. The third kappa shape index (κ3) is 2.43. The number of para-hydroxylation sites is 2. The van der Waals surface area contributed by atoms with Crippen molar-refractivity contribution in [2.75, 3.05) is 4.90 Å². The van der Waals surface area contributed by atoms with Gasteiger partial charge < -0.3 is 4.90 Å². The highest BCUT2D eigenvalue weighted by Crippen LogP contribution is 2.42. The quantitative estimate of drug-likeness (QED) is 0.543. The van der Waals surface area contributed by atoms with Crippen LogP contribution in [0.15, 0.2) is 66.7 Å². The monoisotopic (exact) mass is 299 g/mol. The van der Waals surface area contributed by atoms with Crippen LogP contribution in [0.3, 0.4) is 0 Å². The van der Waals surface area contributed by atoms with Crippen molar-refractivity contribution in [3.05, 3.63) is 89.0 Å². The first-order valence-electron chi connectivity index (χ1n) is 8.27. The number of benzene rings is 3. The van der Waals surface area contributed by atoms with E-state index in [4.69, 9.17) is 0 Å². The highest BCUT2D eigenvalue weighted by molar-refractivity contribution is 5.82. The number of anilines is 3. The predicted molar refractivity (Wildman–Crippen MR) is 98.0 cm³/mol. The fourth-order valence-electron chi connectivity index (χ4n) is 3.55. The normalized spacial score (nSPS) is 13.2. The van der Waals surface area contributed by atoms with Crippen LogP contribution in [-0.2, 0) is 12.8 Å². The second-order valence-corrected chi connectivity index (χ2v) is 6.38. The second-order valence-electron chi connectivity index (χ2n) is 6.38. The number of hydrogen-bond donors (Lipinski definition) is 0. The lowest BCUT2D eigenvalue weighted by atomic mass is 10.0. The van der Waals surface area contributed by atoms with E-state index in [2.05, 4.69) is 85.5 Å². The molecule has 3 aromatic carbocycles. The van der Waals surface area contributed by atoms with Crippen molar-refractivity contribution in [2.45, 2.75) is 26.7 Å². The van der Waals surface area contributed by atoms with Crippen molar-refractivity contribution >= 4 is 17.1 Å². The molecule has 114 valence electrons. The number of nitrogens with zero attached hydrogens (tertiary/aromatic N) is 1. The van der Waals surface area contributed by atoms with E-state index in [1.54, 1.807) is 0 Å². The molecule has 23 heavy (non-hydrogen) atoms. The van der Waals surface area contributed by atoms with E-state index in [-0.39, 0.29) is 0 Å². The van der Waals surface area contributed by atoms with Crippen LogP contribution in [-0.4, -0.2) is 0 Å². The molecule has 0 spiro atoms. The lowest BCUT2D eigenvalue weighted by Gasteiger charge is -2.28. The van der Waals surface area contributed by atoms with Gasteiger partial charge in [-0.3, -0.25) is 0 Å². The summed E-state index contributed by atoms with van der Waals surface area (Å²) in [6.45, 7) is 4.37. The Kier molecular flexibility index (Phi) is 3.42. The standard InChI is InChI=1S/C22H21N/c1-16-11-14-22-19(15-16)13-12-18-8-4-6-10-21(18)23(22)20-9-5-3-7-17(20)2/h3-11,14-15H,12-13H2,1-2H3. The zero-order chi connectivity index (χ0) is 15.8. The zero-order valence-electron chi connectivity index (χ0n) is 13.7. The van der Waals surface area contributed by atoms with Crippen molar-refractivity contribution in [3.63, 3.8) is 0 Å². The average molecular weight is 299 g/mol. The predicted octanol–water partition coefficient (Wildman–Crippen LogP) is 5.87. The van der Waals surface area contributed by atoms with Gasteiger partial charge in [-0.25, -0.2) is 0 Å². The second kappa shape index (κ2) is 5.58. The molecule has 1 nitrogen and oxygen atoms in total. The Bertz CT molecular complexity index is 863. The highest BCUT2D eigenvalue weighted by Gasteiger charge is 2.22. The first-order chi connectivity index (χ1) is 11.2. The Morgan fingerprint density at radius 2 is 1.30 bits per heavy atom. The summed E-state index contributed by atoms with van der Waals surface area (Å²) < 4.78 is 0. The molecule has 0 bridgehead atoms. The first kappa shape index (κ1) is 14.1. The van der Waals surface area contributed by atoms with E-state index in [0.29, 0.717) is 0 Å². The summed E-state index contributed by atoms with van der Waals surface area (Å²) in [5, 5.41) is 0. The molecule has 0 aromatic heterocycles. The van der Waals surface area contributed by atoms with Gasteiger partial charge in [0.15, 0.2) is 0 Å². The van der Waals surface area contributed by atoms with Crippen molar-refractivity contribution in [1.82, 2.24) is 0 Å². The molecule has 0 amide bonds. The Hall–Kier alpha value is -2.54. The van der Waals surface area contributed by atoms with Crippen LogP contribution < -0.4 is 4.90 Å². The molecule has 1 heterocycles. The van der Waals surface area contributed by atoms with Crippen LogP contribution in [0.4, 0.5) is 17.1 Å². The Labute approximate surface area is 138 Å². The maximum atomic E-state index is 2.44. The summed E-state index contributed by atoms with van der Waals surface area (Å²) >= 11 is 0. The summed E-state index contributed by atoms with van der Waals surface area (Å²) in [5.74, 6) is 0. The van der Waals surface area contributed by atoms with Gasteiger partial charge in [0.05, 0.1) is 0 Å². The van der Waals surface area contributed by atoms with Gasteiger partial charge in [0.2, 0.25) is 0 Å². The van der Waals surface area contributed by atoms with Crippen molar-refractivity contribution < 1.29 is 0 Å². The summed E-state index contributed by atoms with van der Waals surface area (Å²) in [6.07, 6.45) is 2.19. The molecule has 4 rings (SSSR count). The number of fused-ring (bicyclic) bond motifs is 2. The molecule has 0 radical (unpaired) electrons. The molecule has 0 aliphatic carbocycles. The molecule has 1 aliphatic rings. The summed E-state index contributed by atoms with van der Waals surface area (Å²) in [6, 6.07) is 24.3. The maximum absolute atomic E-state index is 2.44. The van der Waals surface area contributed by atoms with Gasteiger partial charge in [0.1, 0.15) is 0 Å². The van der Waals surface area contributed by atoms with E-state index in [0.717, 1.165) is 12.8 Å². The molecular formula is C22H21N.